The lowest BCUT2D eigenvalue weighted by molar-refractivity contribution is 0.0200. The molecule has 0 amide bonds. The molecule has 1 atom stereocenters. The van der Waals surface area contributed by atoms with Crippen LogP contribution in [0.25, 0.3) is 0 Å². The SMILES string of the molecule is Nc1ccc(CS(=O)(=O)NCC2CCCCO2)cc1. The average molecular weight is 284 g/mol. The van der Waals surface area contributed by atoms with Gasteiger partial charge in [0.15, 0.2) is 0 Å². The number of nitrogen functional groups attached to an aromatic ring is 1. The van der Waals surface area contributed by atoms with E-state index in [9.17, 15) is 8.42 Å². The molecule has 106 valence electrons. The number of ether oxygens (including phenoxy) is 1. The summed E-state index contributed by atoms with van der Waals surface area (Å²) in [5, 5.41) is 0. The fourth-order valence-electron chi connectivity index (χ4n) is 2.07. The zero-order valence-corrected chi connectivity index (χ0v) is 11.7. The van der Waals surface area contributed by atoms with E-state index in [1.165, 1.54) is 0 Å². The molecule has 2 rings (SSSR count). The zero-order chi connectivity index (χ0) is 13.7. The Morgan fingerprint density at radius 3 is 2.63 bits per heavy atom. The first-order valence-electron chi connectivity index (χ1n) is 6.48. The lowest BCUT2D eigenvalue weighted by atomic mass is 10.1. The minimum Gasteiger partial charge on any atom is -0.399 e. The minimum atomic E-state index is -3.32. The van der Waals surface area contributed by atoms with Crippen molar-refractivity contribution in [2.24, 2.45) is 0 Å². The van der Waals surface area contributed by atoms with Crippen molar-refractivity contribution >= 4 is 15.7 Å². The smallest absolute Gasteiger partial charge is 0.215 e. The molecule has 1 aliphatic heterocycles. The molecule has 1 heterocycles. The van der Waals surface area contributed by atoms with Crippen LogP contribution in [-0.2, 0) is 20.5 Å². The molecule has 1 aromatic rings. The molecule has 1 saturated heterocycles. The van der Waals surface area contributed by atoms with Crippen molar-refractivity contribution < 1.29 is 13.2 Å². The average Bonchev–Trinajstić information content (AvgIpc) is 2.40. The molecule has 0 aromatic heterocycles. The summed E-state index contributed by atoms with van der Waals surface area (Å²) in [5.41, 5.74) is 6.92. The molecule has 19 heavy (non-hydrogen) atoms. The first-order valence-corrected chi connectivity index (χ1v) is 8.14. The molecular weight excluding hydrogens is 264 g/mol. The van der Waals surface area contributed by atoms with Gasteiger partial charge in [-0.3, -0.25) is 0 Å². The highest BCUT2D eigenvalue weighted by atomic mass is 32.2. The second-order valence-corrected chi connectivity index (χ2v) is 6.64. The molecule has 1 aromatic carbocycles. The summed E-state index contributed by atoms with van der Waals surface area (Å²) in [6.07, 6.45) is 3.10. The van der Waals surface area contributed by atoms with E-state index in [2.05, 4.69) is 4.72 Å². The molecule has 1 aliphatic rings. The molecule has 0 spiro atoms. The Hall–Kier alpha value is -1.11. The van der Waals surface area contributed by atoms with Crippen molar-refractivity contribution in [3.8, 4) is 0 Å². The number of rotatable bonds is 5. The van der Waals surface area contributed by atoms with Gasteiger partial charge in [0.1, 0.15) is 0 Å². The number of benzene rings is 1. The van der Waals surface area contributed by atoms with Crippen LogP contribution in [0.1, 0.15) is 24.8 Å². The van der Waals surface area contributed by atoms with E-state index in [-0.39, 0.29) is 11.9 Å². The van der Waals surface area contributed by atoms with Crippen molar-refractivity contribution in [3.05, 3.63) is 29.8 Å². The highest BCUT2D eigenvalue weighted by molar-refractivity contribution is 7.88. The maximum atomic E-state index is 11.9. The van der Waals surface area contributed by atoms with Crippen LogP contribution in [-0.4, -0.2) is 27.7 Å². The predicted octanol–water partition coefficient (Wildman–Crippen LogP) is 1.26. The van der Waals surface area contributed by atoms with Crippen LogP contribution in [0.3, 0.4) is 0 Å². The van der Waals surface area contributed by atoms with Gasteiger partial charge in [0.05, 0.1) is 11.9 Å². The number of hydrogen-bond acceptors (Lipinski definition) is 4. The maximum Gasteiger partial charge on any atom is 0.215 e. The highest BCUT2D eigenvalue weighted by Gasteiger charge is 2.17. The molecule has 3 N–H and O–H groups in total. The van der Waals surface area contributed by atoms with E-state index in [0.29, 0.717) is 12.2 Å². The summed E-state index contributed by atoms with van der Waals surface area (Å²) in [6, 6.07) is 6.86. The topological polar surface area (TPSA) is 81.4 Å². The van der Waals surface area contributed by atoms with Crippen molar-refractivity contribution in [2.75, 3.05) is 18.9 Å². The van der Waals surface area contributed by atoms with Gasteiger partial charge in [-0.05, 0) is 37.0 Å². The van der Waals surface area contributed by atoms with Crippen molar-refractivity contribution in [3.63, 3.8) is 0 Å². The minimum absolute atomic E-state index is 0.00921. The molecular formula is C13H20N2O3S. The molecule has 0 saturated carbocycles. The lowest BCUT2D eigenvalue weighted by Crippen LogP contribution is -2.36. The third-order valence-electron chi connectivity index (χ3n) is 3.14. The van der Waals surface area contributed by atoms with Gasteiger partial charge in [0, 0.05) is 18.8 Å². The Morgan fingerprint density at radius 1 is 1.26 bits per heavy atom. The summed E-state index contributed by atoms with van der Waals surface area (Å²) >= 11 is 0. The monoisotopic (exact) mass is 284 g/mol. The summed E-state index contributed by atoms with van der Waals surface area (Å²) in [4.78, 5) is 0. The summed E-state index contributed by atoms with van der Waals surface area (Å²) in [5.74, 6) is -0.0278. The van der Waals surface area contributed by atoms with Gasteiger partial charge in [-0.25, -0.2) is 13.1 Å². The van der Waals surface area contributed by atoms with Gasteiger partial charge in [0.25, 0.3) is 0 Å². The van der Waals surface area contributed by atoms with Crippen LogP contribution in [0, 0.1) is 0 Å². The third kappa shape index (κ3) is 4.81. The number of nitrogens with two attached hydrogens (primary N) is 1. The van der Waals surface area contributed by atoms with Crippen LogP contribution in [0.2, 0.25) is 0 Å². The van der Waals surface area contributed by atoms with Crippen LogP contribution in [0.5, 0.6) is 0 Å². The second kappa shape index (κ2) is 6.36. The zero-order valence-electron chi connectivity index (χ0n) is 10.8. The van der Waals surface area contributed by atoms with E-state index in [0.717, 1.165) is 31.4 Å². The van der Waals surface area contributed by atoms with Crippen molar-refractivity contribution in [1.29, 1.82) is 0 Å². The summed E-state index contributed by atoms with van der Waals surface area (Å²) in [7, 11) is -3.32. The number of sulfonamides is 1. The van der Waals surface area contributed by atoms with Crippen LogP contribution >= 0.6 is 0 Å². The lowest BCUT2D eigenvalue weighted by Gasteiger charge is -2.22. The van der Waals surface area contributed by atoms with E-state index >= 15 is 0 Å². The molecule has 1 unspecified atom stereocenters. The van der Waals surface area contributed by atoms with E-state index in [4.69, 9.17) is 10.5 Å². The maximum absolute atomic E-state index is 11.9. The first kappa shape index (κ1) is 14.3. The largest absolute Gasteiger partial charge is 0.399 e. The molecule has 0 aliphatic carbocycles. The molecule has 1 fully saturated rings. The van der Waals surface area contributed by atoms with Crippen molar-refractivity contribution in [2.45, 2.75) is 31.1 Å². The molecule has 5 nitrogen and oxygen atoms in total. The molecule has 0 bridgehead atoms. The Labute approximate surface area is 114 Å². The number of anilines is 1. The number of nitrogens with one attached hydrogen (secondary N) is 1. The van der Waals surface area contributed by atoms with E-state index in [1.807, 2.05) is 0 Å². The number of hydrogen-bond donors (Lipinski definition) is 2. The predicted molar refractivity (Wildman–Crippen MR) is 75.1 cm³/mol. The van der Waals surface area contributed by atoms with Gasteiger partial charge < -0.3 is 10.5 Å². The van der Waals surface area contributed by atoms with E-state index in [1.54, 1.807) is 24.3 Å². The quantitative estimate of drug-likeness (QED) is 0.798. The van der Waals surface area contributed by atoms with Crippen LogP contribution in [0.4, 0.5) is 5.69 Å². The summed E-state index contributed by atoms with van der Waals surface area (Å²) < 4.78 is 32.0. The fraction of sp³-hybridized carbons (Fsp3) is 0.538. The van der Waals surface area contributed by atoms with Gasteiger partial charge >= 0.3 is 0 Å². The standard InChI is InChI=1S/C13H20N2O3S/c14-12-6-4-11(5-7-12)10-19(16,17)15-9-13-3-1-2-8-18-13/h4-7,13,15H,1-3,8-10,14H2. The van der Waals surface area contributed by atoms with Gasteiger partial charge in [-0.2, -0.15) is 0 Å². The summed E-state index contributed by atoms with van der Waals surface area (Å²) in [6.45, 7) is 1.08. The van der Waals surface area contributed by atoms with Gasteiger partial charge in [-0.15, -0.1) is 0 Å². The normalized spacial score (nSPS) is 20.3. The van der Waals surface area contributed by atoms with E-state index < -0.39 is 10.0 Å². The van der Waals surface area contributed by atoms with Crippen LogP contribution in [0.15, 0.2) is 24.3 Å². The Kier molecular flexibility index (Phi) is 4.79. The fourth-order valence-corrected chi connectivity index (χ4v) is 3.25. The van der Waals surface area contributed by atoms with Gasteiger partial charge in [-0.1, -0.05) is 12.1 Å². The Bertz CT molecular complexity index is 493. The van der Waals surface area contributed by atoms with Gasteiger partial charge in [0.2, 0.25) is 10.0 Å². The Balaban J connectivity index is 1.85. The third-order valence-corrected chi connectivity index (χ3v) is 4.46. The highest BCUT2D eigenvalue weighted by Crippen LogP contribution is 2.13. The Morgan fingerprint density at radius 2 is 2.00 bits per heavy atom. The van der Waals surface area contributed by atoms with Crippen LogP contribution < -0.4 is 10.5 Å². The van der Waals surface area contributed by atoms with Crippen molar-refractivity contribution in [1.82, 2.24) is 4.72 Å². The first-order chi connectivity index (χ1) is 9.05. The molecule has 0 radical (unpaired) electrons. The second-order valence-electron chi connectivity index (χ2n) is 4.84. The molecule has 6 heteroatoms.